The maximum atomic E-state index is 12.5. The Morgan fingerprint density at radius 2 is 1.96 bits per heavy atom. The highest BCUT2D eigenvalue weighted by Gasteiger charge is 2.26. The molecule has 1 aliphatic heterocycles. The van der Waals surface area contributed by atoms with E-state index in [-0.39, 0.29) is 24.1 Å². The van der Waals surface area contributed by atoms with Crippen LogP contribution in [-0.2, 0) is 11.2 Å². The second-order valence-electron chi connectivity index (χ2n) is 6.66. The van der Waals surface area contributed by atoms with Gasteiger partial charge in [-0.2, -0.15) is 4.98 Å². The van der Waals surface area contributed by atoms with Crippen molar-refractivity contribution in [1.29, 1.82) is 0 Å². The standard InChI is InChI=1S/C19H22N4O4/c1-13-11-18(21-14(2)20-13)27-16-7-9-22(10-8-16)19(24)12-15-5-3-4-6-17(15)23(25)26/h3-6,11,16H,7-10,12H2,1-2H3. The molecule has 8 heteroatoms. The number of hydrogen-bond acceptors (Lipinski definition) is 6. The molecule has 27 heavy (non-hydrogen) atoms. The monoisotopic (exact) mass is 370 g/mol. The van der Waals surface area contributed by atoms with Gasteiger partial charge >= 0.3 is 0 Å². The van der Waals surface area contributed by atoms with Crippen molar-refractivity contribution >= 4 is 11.6 Å². The summed E-state index contributed by atoms with van der Waals surface area (Å²) < 4.78 is 5.94. The summed E-state index contributed by atoms with van der Waals surface area (Å²) in [5.74, 6) is 1.13. The highest BCUT2D eigenvalue weighted by atomic mass is 16.6. The zero-order chi connectivity index (χ0) is 19.4. The van der Waals surface area contributed by atoms with E-state index in [1.54, 1.807) is 29.2 Å². The average molecular weight is 370 g/mol. The van der Waals surface area contributed by atoms with E-state index >= 15 is 0 Å². The Bertz CT molecular complexity index is 827. The summed E-state index contributed by atoms with van der Waals surface area (Å²) in [7, 11) is 0. The van der Waals surface area contributed by atoms with Crippen molar-refractivity contribution in [2.45, 2.75) is 39.2 Å². The molecule has 8 nitrogen and oxygen atoms in total. The van der Waals surface area contributed by atoms with Crippen LogP contribution in [0.5, 0.6) is 5.88 Å². The lowest BCUT2D eigenvalue weighted by Crippen LogP contribution is -2.42. The molecule has 0 radical (unpaired) electrons. The van der Waals surface area contributed by atoms with E-state index in [1.165, 1.54) is 6.07 Å². The highest BCUT2D eigenvalue weighted by Crippen LogP contribution is 2.21. The summed E-state index contributed by atoms with van der Waals surface area (Å²) in [6, 6.07) is 8.17. The van der Waals surface area contributed by atoms with Crippen LogP contribution in [-0.4, -0.2) is 44.9 Å². The van der Waals surface area contributed by atoms with Crippen LogP contribution in [0.25, 0.3) is 0 Å². The number of benzene rings is 1. The first-order valence-electron chi connectivity index (χ1n) is 8.91. The van der Waals surface area contributed by atoms with E-state index in [0.29, 0.717) is 43.2 Å². The number of carbonyl (C=O) groups is 1. The van der Waals surface area contributed by atoms with E-state index in [4.69, 9.17) is 4.74 Å². The number of ether oxygens (including phenoxy) is 1. The number of carbonyl (C=O) groups excluding carboxylic acids is 1. The van der Waals surface area contributed by atoms with Gasteiger partial charge in [0.2, 0.25) is 11.8 Å². The fourth-order valence-corrected chi connectivity index (χ4v) is 3.25. The number of hydrogen-bond donors (Lipinski definition) is 0. The molecule has 0 unspecified atom stereocenters. The van der Waals surface area contributed by atoms with Crippen LogP contribution < -0.4 is 4.74 Å². The number of nitrogens with zero attached hydrogens (tertiary/aromatic N) is 4. The molecule has 2 heterocycles. The summed E-state index contributed by atoms with van der Waals surface area (Å²) in [5.41, 5.74) is 1.28. The lowest BCUT2D eigenvalue weighted by Gasteiger charge is -2.32. The first kappa shape index (κ1) is 18.8. The van der Waals surface area contributed by atoms with Gasteiger partial charge in [-0.3, -0.25) is 14.9 Å². The first-order valence-corrected chi connectivity index (χ1v) is 8.91. The van der Waals surface area contributed by atoms with E-state index in [1.807, 2.05) is 13.8 Å². The number of likely N-dealkylation sites (tertiary alicyclic amines) is 1. The van der Waals surface area contributed by atoms with Gasteiger partial charge < -0.3 is 9.64 Å². The predicted octanol–water partition coefficient (Wildman–Crippen LogP) is 2.61. The van der Waals surface area contributed by atoms with E-state index in [2.05, 4.69) is 9.97 Å². The third-order valence-corrected chi connectivity index (χ3v) is 4.55. The number of piperidine rings is 1. The Hall–Kier alpha value is -3.03. The summed E-state index contributed by atoms with van der Waals surface area (Å²) >= 11 is 0. The largest absolute Gasteiger partial charge is 0.474 e. The molecule has 1 fully saturated rings. The van der Waals surface area contributed by atoms with Crippen LogP contribution >= 0.6 is 0 Å². The quantitative estimate of drug-likeness (QED) is 0.593. The minimum Gasteiger partial charge on any atom is -0.474 e. The second-order valence-corrected chi connectivity index (χ2v) is 6.66. The highest BCUT2D eigenvalue weighted by molar-refractivity contribution is 5.80. The normalized spacial score (nSPS) is 14.8. The average Bonchev–Trinajstić information content (AvgIpc) is 2.61. The first-order chi connectivity index (χ1) is 12.9. The van der Waals surface area contributed by atoms with Crippen molar-refractivity contribution in [2.75, 3.05) is 13.1 Å². The molecule has 2 aromatic rings. The van der Waals surface area contributed by atoms with Gasteiger partial charge in [-0.25, -0.2) is 4.98 Å². The SMILES string of the molecule is Cc1cc(OC2CCN(C(=O)Cc3ccccc3[N+](=O)[O-])CC2)nc(C)n1. The van der Waals surface area contributed by atoms with Crippen molar-refractivity contribution in [1.82, 2.24) is 14.9 Å². The maximum Gasteiger partial charge on any atom is 0.273 e. The lowest BCUT2D eigenvalue weighted by molar-refractivity contribution is -0.385. The number of aryl methyl sites for hydroxylation is 2. The van der Waals surface area contributed by atoms with Crippen molar-refractivity contribution in [3.63, 3.8) is 0 Å². The number of amides is 1. The molecule has 0 aliphatic carbocycles. The van der Waals surface area contributed by atoms with Gasteiger partial charge in [-0.05, 0) is 13.8 Å². The molecular weight excluding hydrogens is 348 g/mol. The van der Waals surface area contributed by atoms with Crippen LogP contribution in [0.2, 0.25) is 0 Å². The van der Waals surface area contributed by atoms with Crippen LogP contribution in [0.15, 0.2) is 30.3 Å². The van der Waals surface area contributed by atoms with E-state index < -0.39 is 4.92 Å². The summed E-state index contributed by atoms with van der Waals surface area (Å²) in [6.07, 6.45) is 1.43. The Morgan fingerprint density at radius 3 is 2.63 bits per heavy atom. The van der Waals surface area contributed by atoms with Crippen molar-refractivity contribution in [3.8, 4) is 5.88 Å². The van der Waals surface area contributed by atoms with Gasteiger partial charge in [-0.1, -0.05) is 18.2 Å². The van der Waals surface area contributed by atoms with E-state index in [0.717, 1.165) is 5.69 Å². The summed E-state index contributed by atoms with van der Waals surface area (Å²) in [4.78, 5) is 33.4. The zero-order valence-corrected chi connectivity index (χ0v) is 15.4. The summed E-state index contributed by atoms with van der Waals surface area (Å²) in [6.45, 7) is 4.84. The van der Waals surface area contributed by atoms with Gasteiger partial charge in [0.05, 0.1) is 11.3 Å². The molecule has 0 atom stereocenters. The molecule has 1 aromatic carbocycles. The van der Waals surface area contributed by atoms with Gasteiger partial charge in [0.1, 0.15) is 11.9 Å². The second kappa shape index (κ2) is 8.11. The molecule has 0 spiro atoms. The lowest BCUT2D eigenvalue weighted by atomic mass is 10.0. The van der Waals surface area contributed by atoms with Crippen LogP contribution in [0, 0.1) is 24.0 Å². The fourth-order valence-electron chi connectivity index (χ4n) is 3.25. The number of nitro benzene ring substituents is 1. The zero-order valence-electron chi connectivity index (χ0n) is 15.4. The number of nitro groups is 1. The topological polar surface area (TPSA) is 98.5 Å². The predicted molar refractivity (Wildman–Crippen MR) is 98.5 cm³/mol. The van der Waals surface area contributed by atoms with E-state index in [9.17, 15) is 14.9 Å². The molecule has 3 rings (SSSR count). The van der Waals surface area contributed by atoms with Crippen LogP contribution in [0.4, 0.5) is 5.69 Å². The van der Waals surface area contributed by atoms with Gasteiger partial charge in [-0.15, -0.1) is 0 Å². The van der Waals surface area contributed by atoms with Crippen molar-refractivity contribution in [2.24, 2.45) is 0 Å². The molecule has 1 aromatic heterocycles. The Balaban J connectivity index is 1.56. The molecule has 1 saturated heterocycles. The maximum absolute atomic E-state index is 12.5. The molecule has 1 aliphatic rings. The van der Waals surface area contributed by atoms with Crippen LogP contribution in [0.3, 0.4) is 0 Å². The third kappa shape index (κ3) is 4.78. The van der Waals surface area contributed by atoms with Crippen molar-refractivity contribution in [3.05, 3.63) is 57.5 Å². The number of aromatic nitrogens is 2. The molecule has 142 valence electrons. The molecule has 0 N–H and O–H groups in total. The Kier molecular flexibility index (Phi) is 5.63. The Morgan fingerprint density at radius 1 is 1.26 bits per heavy atom. The minimum absolute atomic E-state index is 0.00573. The molecular formula is C19H22N4O4. The molecule has 0 bridgehead atoms. The summed E-state index contributed by atoms with van der Waals surface area (Å²) in [5, 5.41) is 11.1. The smallest absolute Gasteiger partial charge is 0.273 e. The van der Waals surface area contributed by atoms with Gasteiger partial charge in [0, 0.05) is 49.3 Å². The number of para-hydroxylation sites is 1. The molecule has 0 saturated carbocycles. The minimum atomic E-state index is -0.450. The third-order valence-electron chi connectivity index (χ3n) is 4.55. The van der Waals surface area contributed by atoms with Gasteiger partial charge in [0.15, 0.2) is 0 Å². The van der Waals surface area contributed by atoms with Crippen molar-refractivity contribution < 1.29 is 14.5 Å². The van der Waals surface area contributed by atoms with Crippen LogP contribution in [0.1, 0.15) is 29.9 Å². The Labute approximate surface area is 157 Å². The fraction of sp³-hybridized carbons (Fsp3) is 0.421. The molecule has 1 amide bonds. The number of rotatable bonds is 5. The van der Waals surface area contributed by atoms with Gasteiger partial charge in [0.25, 0.3) is 5.69 Å².